The second-order valence-corrected chi connectivity index (χ2v) is 4.77. The van der Waals surface area contributed by atoms with Crippen LogP contribution in [0.5, 0.6) is 0 Å². The average Bonchev–Trinajstić information content (AvgIpc) is 2.25. The molecule has 0 aliphatic heterocycles. The second kappa shape index (κ2) is 5.77. The molecular formula is C12H16FN3OS. The zero-order valence-electron chi connectivity index (χ0n) is 10.2. The van der Waals surface area contributed by atoms with Crippen LogP contribution in [0.4, 0.5) is 10.1 Å². The summed E-state index contributed by atoms with van der Waals surface area (Å²) in [6.07, 6.45) is 0. The van der Waals surface area contributed by atoms with Crippen LogP contribution in [-0.2, 0) is 4.79 Å². The molecule has 6 heteroatoms. The molecule has 0 heterocycles. The summed E-state index contributed by atoms with van der Waals surface area (Å²) < 4.78 is 13.8. The number of benzene rings is 1. The summed E-state index contributed by atoms with van der Waals surface area (Å²) in [4.78, 5) is 11.3. The fourth-order valence-electron chi connectivity index (χ4n) is 1.52. The van der Waals surface area contributed by atoms with Crippen molar-refractivity contribution in [1.29, 1.82) is 0 Å². The largest absolute Gasteiger partial charge is 0.389 e. The van der Waals surface area contributed by atoms with Gasteiger partial charge in [-0.25, -0.2) is 4.39 Å². The highest BCUT2D eigenvalue weighted by Gasteiger charge is 2.20. The van der Waals surface area contributed by atoms with Gasteiger partial charge in [0.2, 0.25) is 5.91 Å². The van der Waals surface area contributed by atoms with Crippen LogP contribution < -0.4 is 16.8 Å². The van der Waals surface area contributed by atoms with E-state index in [-0.39, 0.29) is 16.6 Å². The van der Waals surface area contributed by atoms with Gasteiger partial charge in [-0.2, -0.15) is 0 Å². The van der Waals surface area contributed by atoms with Crippen molar-refractivity contribution in [3.05, 3.63) is 29.6 Å². The molecule has 1 amide bonds. The quantitative estimate of drug-likeness (QED) is 0.705. The number of primary amides is 1. The summed E-state index contributed by atoms with van der Waals surface area (Å²) in [7, 11) is 0. The summed E-state index contributed by atoms with van der Waals surface area (Å²) in [6.45, 7) is 3.65. The Morgan fingerprint density at radius 2 is 2.00 bits per heavy atom. The van der Waals surface area contributed by atoms with Crippen molar-refractivity contribution in [2.45, 2.75) is 19.9 Å². The van der Waals surface area contributed by atoms with E-state index in [1.54, 1.807) is 6.07 Å². The van der Waals surface area contributed by atoms with Gasteiger partial charge < -0.3 is 16.8 Å². The Hall–Kier alpha value is -1.69. The predicted molar refractivity (Wildman–Crippen MR) is 73.7 cm³/mol. The van der Waals surface area contributed by atoms with Crippen LogP contribution in [0.3, 0.4) is 0 Å². The Kier molecular flexibility index (Phi) is 4.61. The first-order chi connectivity index (χ1) is 8.32. The van der Waals surface area contributed by atoms with Crippen molar-refractivity contribution in [3.8, 4) is 0 Å². The lowest BCUT2D eigenvalue weighted by Gasteiger charge is -2.20. The molecule has 1 aromatic rings. The van der Waals surface area contributed by atoms with Crippen molar-refractivity contribution in [2.24, 2.45) is 17.4 Å². The minimum Gasteiger partial charge on any atom is -0.389 e. The van der Waals surface area contributed by atoms with Gasteiger partial charge in [0.1, 0.15) is 16.8 Å². The first-order valence-electron chi connectivity index (χ1n) is 5.48. The molecule has 0 aliphatic rings. The Balaban J connectivity index is 2.97. The number of hydrogen-bond donors (Lipinski definition) is 3. The molecular weight excluding hydrogens is 253 g/mol. The van der Waals surface area contributed by atoms with E-state index >= 15 is 0 Å². The van der Waals surface area contributed by atoms with E-state index in [4.69, 9.17) is 23.7 Å². The summed E-state index contributed by atoms with van der Waals surface area (Å²) >= 11 is 4.75. The summed E-state index contributed by atoms with van der Waals surface area (Å²) in [5, 5.41) is 2.78. The van der Waals surface area contributed by atoms with Gasteiger partial charge in [0.25, 0.3) is 0 Å². The lowest BCUT2D eigenvalue weighted by Crippen LogP contribution is -2.39. The first kappa shape index (κ1) is 14.4. The summed E-state index contributed by atoms with van der Waals surface area (Å²) in [6, 6.07) is 3.67. The molecule has 1 atom stereocenters. The van der Waals surface area contributed by atoms with Gasteiger partial charge in [-0.05, 0) is 24.1 Å². The maximum Gasteiger partial charge on any atom is 0.240 e. The number of halogens is 1. The molecule has 0 bridgehead atoms. The molecule has 0 fully saturated rings. The van der Waals surface area contributed by atoms with Gasteiger partial charge in [0.05, 0.1) is 5.69 Å². The van der Waals surface area contributed by atoms with Crippen molar-refractivity contribution in [2.75, 3.05) is 5.32 Å². The third-order valence-corrected chi connectivity index (χ3v) is 2.77. The second-order valence-electron chi connectivity index (χ2n) is 4.33. The molecule has 0 saturated heterocycles. The Bertz CT molecular complexity index is 476. The van der Waals surface area contributed by atoms with E-state index < -0.39 is 17.8 Å². The van der Waals surface area contributed by atoms with E-state index in [0.717, 1.165) is 0 Å². The number of amides is 1. The smallest absolute Gasteiger partial charge is 0.240 e. The molecule has 0 saturated carbocycles. The van der Waals surface area contributed by atoms with E-state index in [2.05, 4.69) is 5.32 Å². The third kappa shape index (κ3) is 3.40. The maximum atomic E-state index is 13.8. The Morgan fingerprint density at radius 3 is 2.39 bits per heavy atom. The lowest BCUT2D eigenvalue weighted by molar-refractivity contribution is -0.119. The van der Waals surface area contributed by atoms with Gasteiger partial charge in [-0.15, -0.1) is 0 Å². The fourth-order valence-corrected chi connectivity index (χ4v) is 1.65. The van der Waals surface area contributed by atoms with Crippen LogP contribution in [0, 0.1) is 11.7 Å². The van der Waals surface area contributed by atoms with Gasteiger partial charge in [0.15, 0.2) is 0 Å². The number of carbonyl (C=O) groups excluding carboxylic acids is 1. The van der Waals surface area contributed by atoms with Crippen LogP contribution in [-0.4, -0.2) is 16.9 Å². The summed E-state index contributed by atoms with van der Waals surface area (Å²) in [5.74, 6) is -1.09. The normalized spacial score (nSPS) is 12.2. The molecule has 1 aromatic carbocycles. The van der Waals surface area contributed by atoms with Crippen LogP contribution in [0.1, 0.15) is 19.4 Å². The van der Waals surface area contributed by atoms with E-state index in [0.29, 0.717) is 5.56 Å². The third-order valence-electron chi connectivity index (χ3n) is 2.54. The molecule has 0 spiro atoms. The molecule has 98 valence electrons. The number of thiocarbonyl (C=S) groups is 1. The van der Waals surface area contributed by atoms with Gasteiger partial charge >= 0.3 is 0 Å². The Labute approximate surface area is 111 Å². The fraction of sp³-hybridized carbons (Fsp3) is 0.333. The molecule has 1 unspecified atom stereocenters. The van der Waals surface area contributed by atoms with E-state index in [9.17, 15) is 9.18 Å². The number of carbonyl (C=O) groups is 1. The number of rotatable bonds is 5. The molecule has 4 nitrogen and oxygen atoms in total. The van der Waals surface area contributed by atoms with Gasteiger partial charge in [-0.1, -0.05) is 26.1 Å². The number of nitrogens with two attached hydrogens (primary N) is 2. The number of anilines is 1. The minimum atomic E-state index is -0.629. The van der Waals surface area contributed by atoms with Crippen molar-refractivity contribution < 1.29 is 9.18 Å². The molecule has 0 radical (unpaired) electrons. The predicted octanol–water partition coefficient (Wildman–Crippen LogP) is 1.38. The monoisotopic (exact) mass is 269 g/mol. The minimum absolute atomic E-state index is 0.0443. The molecule has 1 rings (SSSR count). The Morgan fingerprint density at radius 1 is 1.39 bits per heavy atom. The highest BCUT2D eigenvalue weighted by Crippen LogP contribution is 2.18. The SMILES string of the molecule is CC(C)C(Nc1ccc(C(N)=S)cc1F)C(N)=O. The molecule has 0 aromatic heterocycles. The lowest BCUT2D eigenvalue weighted by atomic mass is 10.0. The summed E-state index contributed by atoms with van der Waals surface area (Å²) in [5.41, 5.74) is 11.3. The highest BCUT2D eigenvalue weighted by atomic mass is 32.1. The van der Waals surface area contributed by atoms with Gasteiger partial charge in [0, 0.05) is 5.56 Å². The number of hydrogen-bond acceptors (Lipinski definition) is 3. The average molecular weight is 269 g/mol. The molecule has 18 heavy (non-hydrogen) atoms. The van der Waals surface area contributed by atoms with E-state index in [1.165, 1.54) is 12.1 Å². The zero-order valence-corrected chi connectivity index (χ0v) is 11.1. The van der Waals surface area contributed by atoms with Crippen molar-refractivity contribution in [1.82, 2.24) is 0 Å². The highest BCUT2D eigenvalue weighted by molar-refractivity contribution is 7.80. The van der Waals surface area contributed by atoms with Crippen LogP contribution in [0.15, 0.2) is 18.2 Å². The van der Waals surface area contributed by atoms with Crippen LogP contribution in [0.25, 0.3) is 0 Å². The van der Waals surface area contributed by atoms with Crippen LogP contribution >= 0.6 is 12.2 Å². The maximum absolute atomic E-state index is 13.8. The van der Waals surface area contributed by atoms with Crippen molar-refractivity contribution in [3.63, 3.8) is 0 Å². The first-order valence-corrected chi connectivity index (χ1v) is 5.89. The van der Waals surface area contributed by atoms with Gasteiger partial charge in [-0.3, -0.25) is 4.79 Å². The van der Waals surface area contributed by atoms with Crippen molar-refractivity contribution >= 4 is 28.8 Å². The van der Waals surface area contributed by atoms with Crippen LogP contribution in [0.2, 0.25) is 0 Å². The standard InChI is InChI=1S/C12H16FN3OS/c1-6(2)10(11(14)17)16-9-4-3-7(12(15)18)5-8(9)13/h3-6,10,16H,1-2H3,(H2,14,17)(H2,15,18). The van der Waals surface area contributed by atoms with E-state index in [1.807, 2.05) is 13.8 Å². The number of nitrogens with one attached hydrogen (secondary N) is 1. The molecule has 5 N–H and O–H groups in total. The molecule has 0 aliphatic carbocycles. The zero-order chi connectivity index (χ0) is 13.9. The topological polar surface area (TPSA) is 81.1 Å².